The third kappa shape index (κ3) is 2.16. The van der Waals surface area contributed by atoms with Crippen LogP contribution in [0.25, 0.3) is 0 Å². The number of fused-ring (bicyclic) bond motifs is 4. The van der Waals surface area contributed by atoms with E-state index in [0.717, 1.165) is 48.9 Å². The zero-order valence-electron chi connectivity index (χ0n) is 13.8. The quantitative estimate of drug-likeness (QED) is 0.672. The van der Waals surface area contributed by atoms with Gasteiger partial charge in [-0.25, -0.2) is 0 Å². The normalized spacial score (nSPS) is 52.5. The standard InChI is InChI=1S/C20H29NO/c1-20-12-14-3-2-13-10-17(22)6-7-18(13)19(14)11-16(20)5-4-15(20)8-9-21/h8,13-14,16-19,22H,2-7,10-12H2,1H3/b15-8-/t13-,14-,16+,17+,18-,19-,20-/m1/s1. The minimum Gasteiger partial charge on any atom is -0.393 e. The predicted octanol–water partition coefficient (Wildman–Crippen LogP) is 4.45. The zero-order valence-corrected chi connectivity index (χ0v) is 13.8. The minimum absolute atomic E-state index is 0.0247. The predicted molar refractivity (Wildman–Crippen MR) is 86.8 cm³/mol. The van der Waals surface area contributed by atoms with Gasteiger partial charge in [0.15, 0.2) is 0 Å². The van der Waals surface area contributed by atoms with E-state index in [4.69, 9.17) is 5.26 Å². The van der Waals surface area contributed by atoms with Crippen LogP contribution in [0.5, 0.6) is 0 Å². The van der Waals surface area contributed by atoms with Gasteiger partial charge < -0.3 is 5.11 Å². The van der Waals surface area contributed by atoms with Gasteiger partial charge in [0.25, 0.3) is 0 Å². The highest BCUT2D eigenvalue weighted by atomic mass is 16.3. The van der Waals surface area contributed by atoms with Crippen molar-refractivity contribution in [1.29, 1.82) is 5.26 Å². The van der Waals surface area contributed by atoms with Gasteiger partial charge in [0.2, 0.25) is 0 Å². The van der Waals surface area contributed by atoms with Crippen LogP contribution < -0.4 is 0 Å². The number of aliphatic hydroxyl groups excluding tert-OH is 1. The lowest BCUT2D eigenvalue weighted by Gasteiger charge is -2.54. The van der Waals surface area contributed by atoms with Gasteiger partial charge in [-0.3, -0.25) is 0 Å². The molecule has 0 aromatic heterocycles. The summed E-state index contributed by atoms with van der Waals surface area (Å²) in [7, 11) is 0. The molecule has 0 radical (unpaired) electrons. The molecule has 22 heavy (non-hydrogen) atoms. The second-order valence-electron chi connectivity index (χ2n) is 8.78. The molecular weight excluding hydrogens is 270 g/mol. The van der Waals surface area contributed by atoms with Crippen molar-refractivity contribution in [2.45, 2.75) is 70.8 Å². The SMILES string of the molecule is C[C@]12C[C@H]3CC[C@@H]4C[C@@H](O)CC[C@H]4[C@@H]3C[C@@H]1CC/C2=C/C#N. The van der Waals surface area contributed by atoms with Gasteiger partial charge >= 0.3 is 0 Å². The lowest BCUT2D eigenvalue weighted by Crippen LogP contribution is -2.46. The Labute approximate surface area is 134 Å². The van der Waals surface area contributed by atoms with Crippen molar-refractivity contribution in [2.24, 2.45) is 35.0 Å². The molecule has 4 aliphatic rings. The molecule has 0 bridgehead atoms. The van der Waals surface area contributed by atoms with Crippen LogP contribution in [0.4, 0.5) is 0 Å². The van der Waals surface area contributed by atoms with E-state index in [9.17, 15) is 5.11 Å². The fraction of sp³-hybridized carbons (Fsp3) is 0.850. The summed E-state index contributed by atoms with van der Waals surface area (Å²) in [6.45, 7) is 2.45. The summed E-state index contributed by atoms with van der Waals surface area (Å²) in [5.74, 6) is 4.27. The van der Waals surface area contributed by atoms with Crippen molar-refractivity contribution in [1.82, 2.24) is 0 Å². The first-order valence-electron chi connectivity index (χ1n) is 9.39. The number of hydrogen-bond donors (Lipinski definition) is 1. The molecule has 0 unspecified atom stereocenters. The molecule has 0 spiro atoms. The Hall–Kier alpha value is -0.810. The van der Waals surface area contributed by atoms with Crippen molar-refractivity contribution in [3.05, 3.63) is 11.6 Å². The maximum atomic E-state index is 9.99. The number of allylic oxidation sites excluding steroid dienone is 2. The Morgan fingerprint density at radius 1 is 1.09 bits per heavy atom. The van der Waals surface area contributed by atoms with E-state index in [1.54, 1.807) is 0 Å². The Kier molecular flexibility index (Phi) is 3.61. The smallest absolute Gasteiger partial charge is 0.0911 e. The topological polar surface area (TPSA) is 44.0 Å². The van der Waals surface area contributed by atoms with E-state index in [1.165, 1.54) is 44.1 Å². The largest absolute Gasteiger partial charge is 0.393 e. The molecule has 0 aromatic carbocycles. The van der Waals surface area contributed by atoms with E-state index in [1.807, 2.05) is 6.08 Å². The van der Waals surface area contributed by atoms with Crippen LogP contribution in [0.2, 0.25) is 0 Å². The van der Waals surface area contributed by atoms with Crippen LogP contribution in [0.3, 0.4) is 0 Å². The molecule has 1 N–H and O–H groups in total. The van der Waals surface area contributed by atoms with Crippen molar-refractivity contribution in [3.63, 3.8) is 0 Å². The number of aliphatic hydroxyl groups is 1. The van der Waals surface area contributed by atoms with Gasteiger partial charge in [0.05, 0.1) is 12.2 Å². The van der Waals surface area contributed by atoms with Gasteiger partial charge in [-0.1, -0.05) is 12.5 Å². The lowest BCUT2D eigenvalue weighted by molar-refractivity contribution is -0.0507. The molecule has 4 fully saturated rings. The van der Waals surface area contributed by atoms with Gasteiger partial charge in [0, 0.05) is 6.08 Å². The van der Waals surface area contributed by atoms with Crippen LogP contribution in [0.1, 0.15) is 64.7 Å². The van der Waals surface area contributed by atoms with E-state index in [-0.39, 0.29) is 6.10 Å². The summed E-state index contributed by atoms with van der Waals surface area (Å²) < 4.78 is 0. The summed E-state index contributed by atoms with van der Waals surface area (Å²) in [4.78, 5) is 0. The highest BCUT2D eigenvalue weighted by Gasteiger charge is 2.53. The number of nitrogens with zero attached hydrogens (tertiary/aromatic N) is 1. The molecule has 4 aliphatic carbocycles. The highest BCUT2D eigenvalue weighted by molar-refractivity contribution is 5.27. The summed E-state index contributed by atoms with van der Waals surface area (Å²) in [6.07, 6.45) is 13.1. The molecule has 4 saturated carbocycles. The first-order chi connectivity index (χ1) is 10.6. The number of nitriles is 1. The molecule has 0 heterocycles. The van der Waals surface area contributed by atoms with E-state index in [0.29, 0.717) is 5.41 Å². The van der Waals surface area contributed by atoms with Crippen molar-refractivity contribution >= 4 is 0 Å². The summed E-state index contributed by atoms with van der Waals surface area (Å²) in [6, 6.07) is 2.30. The molecule has 2 heteroatoms. The molecule has 4 rings (SSSR count). The first-order valence-corrected chi connectivity index (χ1v) is 9.39. The number of hydrogen-bond acceptors (Lipinski definition) is 2. The molecule has 0 amide bonds. The number of rotatable bonds is 0. The van der Waals surface area contributed by atoms with Crippen LogP contribution in [0, 0.1) is 46.3 Å². The molecule has 7 atom stereocenters. The first kappa shape index (κ1) is 14.8. The highest BCUT2D eigenvalue weighted by Crippen LogP contribution is 2.63. The van der Waals surface area contributed by atoms with Crippen LogP contribution in [0.15, 0.2) is 11.6 Å². The summed E-state index contributed by atoms with van der Waals surface area (Å²) >= 11 is 0. The van der Waals surface area contributed by atoms with Gasteiger partial charge in [-0.15, -0.1) is 0 Å². The summed E-state index contributed by atoms with van der Waals surface area (Å²) in [5.41, 5.74) is 1.76. The van der Waals surface area contributed by atoms with Crippen molar-refractivity contribution in [2.75, 3.05) is 0 Å². The Bertz CT molecular complexity index is 518. The average molecular weight is 299 g/mol. The summed E-state index contributed by atoms with van der Waals surface area (Å²) in [5, 5.41) is 19.1. The van der Waals surface area contributed by atoms with Crippen LogP contribution in [-0.4, -0.2) is 11.2 Å². The lowest BCUT2D eigenvalue weighted by atomic mass is 9.51. The molecule has 120 valence electrons. The van der Waals surface area contributed by atoms with Crippen LogP contribution in [-0.2, 0) is 0 Å². The molecule has 0 saturated heterocycles. The van der Waals surface area contributed by atoms with Gasteiger partial charge in [-0.05, 0) is 92.8 Å². The molecule has 0 aromatic rings. The van der Waals surface area contributed by atoms with E-state index in [2.05, 4.69) is 13.0 Å². The third-order valence-corrected chi connectivity index (χ3v) is 7.96. The van der Waals surface area contributed by atoms with E-state index < -0.39 is 0 Å². The van der Waals surface area contributed by atoms with Gasteiger partial charge in [0.1, 0.15) is 0 Å². The Balaban J connectivity index is 1.57. The van der Waals surface area contributed by atoms with Crippen LogP contribution >= 0.6 is 0 Å². The third-order valence-electron chi connectivity index (χ3n) is 7.96. The minimum atomic E-state index is -0.0247. The molecular formula is C20H29NO. The second kappa shape index (κ2) is 5.38. The fourth-order valence-corrected chi connectivity index (χ4v) is 6.83. The fourth-order valence-electron chi connectivity index (χ4n) is 6.83. The average Bonchev–Trinajstić information content (AvgIpc) is 2.81. The van der Waals surface area contributed by atoms with Gasteiger partial charge in [-0.2, -0.15) is 5.26 Å². The Morgan fingerprint density at radius 3 is 2.73 bits per heavy atom. The molecule has 0 aliphatic heterocycles. The van der Waals surface area contributed by atoms with Crippen molar-refractivity contribution < 1.29 is 5.11 Å². The molecule has 2 nitrogen and oxygen atoms in total. The second-order valence-corrected chi connectivity index (χ2v) is 8.78. The maximum Gasteiger partial charge on any atom is 0.0911 e. The zero-order chi connectivity index (χ0) is 15.3. The monoisotopic (exact) mass is 299 g/mol. The van der Waals surface area contributed by atoms with E-state index >= 15 is 0 Å². The Morgan fingerprint density at radius 2 is 1.91 bits per heavy atom. The maximum absolute atomic E-state index is 9.99. The van der Waals surface area contributed by atoms with Crippen molar-refractivity contribution in [3.8, 4) is 6.07 Å².